The Bertz CT molecular complexity index is 457. The molecule has 0 bridgehead atoms. The topological polar surface area (TPSA) is 50.1 Å². The summed E-state index contributed by atoms with van der Waals surface area (Å²) < 4.78 is 4.95. The third kappa shape index (κ3) is 2.96. The monoisotopic (exact) mass is 214 g/mol. The lowest BCUT2D eigenvalue weighted by Crippen LogP contribution is -2.03. The van der Waals surface area contributed by atoms with Gasteiger partial charge in [-0.1, -0.05) is 13.0 Å². The van der Waals surface area contributed by atoms with Gasteiger partial charge in [0.1, 0.15) is 5.75 Å². The van der Waals surface area contributed by atoms with Gasteiger partial charge in [-0.25, -0.2) is 0 Å². The summed E-state index contributed by atoms with van der Waals surface area (Å²) in [5, 5.41) is 8.85. The minimum Gasteiger partial charge on any atom is -0.427 e. The fourth-order valence-electron chi connectivity index (χ4n) is 1.23. The largest absolute Gasteiger partial charge is 0.427 e. The highest BCUT2D eigenvalue weighted by atomic mass is 16.5. The van der Waals surface area contributed by atoms with Crippen molar-refractivity contribution in [1.82, 2.24) is 0 Å². The summed E-state index contributed by atoms with van der Waals surface area (Å²) in [5.74, 6) is 0.894. The summed E-state index contributed by atoms with van der Waals surface area (Å²) in [6.07, 6.45) is 1.69. The van der Waals surface area contributed by atoms with E-state index in [0.29, 0.717) is 11.3 Å². The molecule has 0 aliphatic heterocycles. The van der Waals surface area contributed by atoms with Crippen molar-refractivity contribution < 1.29 is 9.53 Å². The van der Waals surface area contributed by atoms with E-state index in [1.165, 1.54) is 13.0 Å². The van der Waals surface area contributed by atoms with Gasteiger partial charge < -0.3 is 4.74 Å². The molecule has 3 nitrogen and oxygen atoms in total. The lowest BCUT2D eigenvalue weighted by molar-refractivity contribution is -0.131. The van der Waals surface area contributed by atoms with Gasteiger partial charge >= 0.3 is 5.97 Å². The van der Waals surface area contributed by atoms with E-state index in [-0.39, 0.29) is 0 Å². The number of carbonyl (C=O) groups excluding carboxylic acids is 1. The highest BCUT2D eigenvalue weighted by Crippen LogP contribution is 2.23. The molecule has 1 rings (SSSR count). The van der Waals surface area contributed by atoms with Gasteiger partial charge in [0.25, 0.3) is 0 Å². The number of nitrogens with zero attached hydrogens (tertiary/aromatic N) is 1. The van der Waals surface area contributed by atoms with Crippen LogP contribution in [0.25, 0.3) is 0 Å². The number of ether oxygens (including phenoxy) is 1. The van der Waals surface area contributed by atoms with Crippen LogP contribution in [0.4, 0.5) is 0 Å². The Labute approximate surface area is 95.0 Å². The fraction of sp³-hybridized carbons (Fsp3) is 0.154. The molecule has 16 heavy (non-hydrogen) atoms. The van der Waals surface area contributed by atoms with E-state index in [1.807, 2.05) is 13.0 Å². The number of carbonyl (C=O) groups is 1. The first-order chi connectivity index (χ1) is 7.56. The number of allylic oxidation sites excluding steroid dienone is 1. The molecule has 0 aliphatic rings. The Kier molecular flexibility index (Phi) is 3.84. The van der Waals surface area contributed by atoms with Crippen molar-refractivity contribution in [3.8, 4) is 11.8 Å². The van der Waals surface area contributed by atoms with Gasteiger partial charge in [-0.2, -0.15) is 5.26 Å². The summed E-state index contributed by atoms with van der Waals surface area (Å²) in [4.78, 5) is 10.8. The molecule has 0 aliphatic carbocycles. The van der Waals surface area contributed by atoms with Crippen molar-refractivity contribution in [2.24, 2.45) is 0 Å². The van der Waals surface area contributed by atoms with Crippen LogP contribution in [0.5, 0.6) is 5.75 Å². The highest BCUT2D eigenvalue weighted by molar-refractivity contribution is 5.69. The molecular weight excluding hydrogens is 202 g/mol. The lowest BCUT2D eigenvalue weighted by atomic mass is 9.99. The molecule has 0 unspecified atom stereocenters. The summed E-state index contributed by atoms with van der Waals surface area (Å²) in [5.41, 5.74) is 1.28. The third-order valence-corrected chi connectivity index (χ3v) is 2.06. The maximum atomic E-state index is 10.8. The number of hydrogen-bond acceptors (Lipinski definition) is 3. The van der Waals surface area contributed by atoms with E-state index in [9.17, 15) is 4.79 Å². The lowest BCUT2D eigenvalue weighted by Gasteiger charge is -2.08. The van der Waals surface area contributed by atoms with Gasteiger partial charge in [0.05, 0.1) is 11.6 Å². The van der Waals surface area contributed by atoms with Crippen molar-refractivity contribution in [1.29, 1.82) is 5.26 Å². The molecule has 1 aromatic rings. The van der Waals surface area contributed by atoms with Crippen molar-refractivity contribution in [2.45, 2.75) is 13.8 Å². The Balaban J connectivity index is 3.16. The van der Waals surface area contributed by atoms with Crippen LogP contribution in [0.1, 0.15) is 25.0 Å². The normalized spacial score (nSPS) is 9.62. The first-order valence-corrected chi connectivity index (χ1v) is 4.76. The minimum atomic E-state index is -0.405. The number of rotatable bonds is 3. The second-order valence-electron chi connectivity index (χ2n) is 3.34. The van der Waals surface area contributed by atoms with Crippen LogP contribution in [0.3, 0.4) is 0 Å². The molecular formula is C13H12NO2. The molecule has 0 saturated carbocycles. The van der Waals surface area contributed by atoms with Gasteiger partial charge in [-0.15, -0.1) is 6.58 Å². The Morgan fingerprint density at radius 2 is 2.12 bits per heavy atom. The van der Waals surface area contributed by atoms with Gasteiger partial charge in [-0.05, 0) is 23.8 Å². The summed E-state index contributed by atoms with van der Waals surface area (Å²) in [6, 6.07) is 6.98. The molecule has 1 aromatic carbocycles. The maximum absolute atomic E-state index is 10.8. The van der Waals surface area contributed by atoms with Gasteiger partial charge in [0.2, 0.25) is 0 Å². The zero-order chi connectivity index (χ0) is 12.1. The van der Waals surface area contributed by atoms with Crippen LogP contribution in [-0.2, 0) is 4.79 Å². The molecule has 3 heteroatoms. The molecule has 1 radical (unpaired) electrons. The second kappa shape index (κ2) is 5.13. The van der Waals surface area contributed by atoms with E-state index >= 15 is 0 Å². The fourth-order valence-corrected chi connectivity index (χ4v) is 1.23. The Hall–Kier alpha value is -2.08. The van der Waals surface area contributed by atoms with Crippen LogP contribution < -0.4 is 4.74 Å². The maximum Gasteiger partial charge on any atom is 0.308 e. The quantitative estimate of drug-likeness (QED) is 0.574. The van der Waals surface area contributed by atoms with E-state index < -0.39 is 5.97 Å². The highest BCUT2D eigenvalue weighted by Gasteiger charge is 2.08. The van der Waals surface area contributed by atoms with Gasteiger partial charge in [-0.3, -0.25) is 4.79 Å². The number of esters is 1. The first kappa shape index (κ1) is 12.0. The van der Waals surface area contributed by atoms with Crippen LogP contribution in [-0.4, -0.2) is 5.97 Å². The third-order valence-electron chi connectivity index (χ3n) is 2.06. The summed E-state index contributed by atoms with van der Waals surface area (Å²) in [7, 11) is 0. The number of hydrogen-bond donors (Lipinski definition) is 0. The zero-order valence-electron chi connectivity index (χ0n) is 9.28. The van der Waals surface area contributed by atoms with Crippen LogP contribution in [0.15, 0.2) is 30.9 Å². The summed E-state index contributed by atoms with van der Waals surface area (Å²) >= 11 is 0. The molecule has 0 N–H and O–H groups in total. The smallest absolute Gasteiger partial charge is 0.308 e. The second-order valence-corrected chi connectivity index (χ2v) is 3.34. The van der Waals surface area contributed by atoms with Crippen LogP contribution in [0, 0.1) is 17.2 Å². The SMILES string of the molecule is C=C[C](C)c1cc(C#N)cc(OC(C)=O)c1. The van der Waals surface area contributed by atoms with E-state index in [2.05, 4.69) is 6.58 Å². The Morgan fingerprint density at radius 1 is 1.44 bits per heavy atom. The number of nitriles is 1. The predicted octanol–water partition coefficient (Wildman–Crippen LogP) is 2.61. The van der Waals surface area contributed by atoms with Gasteiger partial charge in [0, 0.05) is 12.8 Å². The van der Waals surface area contributed by atoms with Crippen molar-refractivity contribution >= 4 is 5.97 Å². The molecule has 0 atom stereocenters. The van der Waals surface area contributed by atoms with E-state index in [4.69, 9.17) is 10.00 Å². The molecule has 0 saturated heterocycles. The number of benzene rings is 1. The molecule has 0 fully saturated rings. The molecule has 0 heterocycles. The molecule has 0 spiro atoms. The average molecular weight is 214 g/mol. The average Bonchev–Trinajstić information content (AvgIpc) is 2.26. The van der Waals surface area contributed by atoms with E-state index in [0.717, 1.165) is 11.5 Å². The van der Waals surface area contributed by atoms with Crippen LogP contribution >= 0.6 is 0 Å². The van der Waals surface area contributed by atoms with Gasteiger partial charge in [0.15, 0.2) is 0 Å². The predicted molar refractivity (Wildman–Crippen MR) is 60.7 cm³/mol. The van der Waals surface area contributed by atoms with Crippen molar-refractivity contribution in [3.63, 3.8) is 0 Å². The molecule has 0 amide bonds. The summed E-state index contributed by atoms with van der Waals surface area (Å²) in [6.45, 7) is 6.85. The zero-order valence-corrected chi connectivity index (χ0v) is 9.28. The molecule has 81 valence electrons. The van der Waals surface area contributed by atoms with Crippen LogP contribution in [0.2, 0.25) is 0 Å². The standard InChI is InChI=1S/C13H12NO2/c1-4-9(2)12-5-11(8-14)6-13(7-12)16-10(3)15/h4-7H,1H2,2-3H3. The Morgan fingerprint density at radius 3 is 2.62 bits per heavy atom. The first-order valence-electron chi connectivity index (χ1n) is 4.76. The van der Waals surface area contributed by atoms with Crippen molar-refractivity contribution in [3.05, 3.63) is 47.9 Å². The molecule has 0 aromatic heterocycles. The van der Waals surface area contributed by atoms with E-state index in [1.54, 1.807) is 18.2 Å². The minimum absolute atomic E-state index is 0.378. The van der Waals surface area contributed by atoms with Crippen molar-refractivity contribution in [2.75, 3.05) is 0 Å².